The molecule has 0 saturated carbocycles. The SMILES string of the molecule is CCN(CC(C)O)C(C)=O. The van der Waals surface area contributed by atoms with Gasteiger partial charge in [-0.3, -0.25) is 4.79 Å². The van der Waals surface area contributed by atoms with Crippen LogP contribution in [0, 0.1) is 0 Å². The van der Waals surface area contributed by atoms with E-state index in [1.165, 1.54) is 6.92 Å². The molecule has 3 nitrogen and oxygen atoms in total. The predicted molar refractivity (Wildman–Crippen MR) is 39.6 cm³/mol. The van der Waals surface area contributed by atoms with Crippen LogP contribution in [0.4, 0.5) is 0 Å². The fourth-order valence-corrected chi connectivity index (χ4v) is 0.799. The van der Waals surface area contributed by atoms with Crippen LogP contribution in [0.2, 0.25) is 0 Å². The number of rotatable bonds is 3. The van der Waals surface area contributed by atoms with E-state index >= 15 is 0 Å². The molecule has 0 rings (SSSR count). The molecule has 1 N–H and O–H groups in total. The lowest BCUT2D eigenvalue weighted by Gasteiger charge is -2.19. The number of nitrogens with zero attached hydrogens (tertiary/aromatic N) is 1. The van der Waals surface area contributed by atoms with E-state index in [0.29, 0.717) is 13.1 Å². The Balaban J connectivity index is 3.72. The summed E-state index contributed by atoms with van der Waals surface area (Å²) in [5, 5.41) is 8.91. The predicted octanol–water partition coefficient (Wildman–Crippen LogP) is 0.236. The lowest BCUT2D eigenvalue weighted by Crippen LogP contribution is -2.34. The fourth-order valence-electron chi connectivity index (χ4n) is 0.799. The molecule has 1 atom stereocenters. The summed E-state index contributed by atoms with van der Waals surface area (Å²) in [5.74, 6) is 0.0170. The maximum Gasteiger partial charge on any atom is 0.219 e. The summed E-state index contributed by atoms with van der Waals surface area (Å²) in [7, 11) is 0. The van der Waals surface area contributed by atoms with Crippen LogP contribution >= 0.6 is 0 Å². The zero-order valence-electron chi connectivity index (χ0n) is 6.79. The zero-order chi connectivity index (χ0) is 8.15. The normalized spacial score (nSPS) is 12.8. The van der Waals surface area contributed by atoms with Gasteiger partial charge in [-0.05, 0) is 13.8 Å². The van der Waals surface area contributed by atoms with E-state index in [1.54, 1.807) is 11.8 Å². The topological polar surface area (TPSA) is 40.5 Å². The molecular formula is C7H15NO2. The van der Waals surface area contributed by atoms with Crippen molar-refractivity contribution in [3.05, 3.63) is 0 Å². The lowest BCUT2D eigenvalue weighted by molar-refractivity contribution is -0.129. The fraction of sp³-hybridized carbons (Fsp3) is 0.857. The van der Waals surface area contributed by atoms with E-state index in [-0.39, 0.29) is 5.91 Å². The maximum absolute atomic E-state index is 10.7. The van der Waals surface area contributed by atoms with Gasteiger partial charge < -0.3 is 10.0 Å². The van der Waals surface area contributed by atoms with Gasteiger partial charge in [0.2, 0.25) is 5.91 Å². The van der Waals surface area contributed by atoms with E-state index in [0.717, 1.165) is 0 Å². The third-order valence-electron chi connectivity index (χ3n) is 1.31. The lowest BCUT2D eigenvalue weighted by atomic mass is 10.3. The number of aliphatic hydroxyl groups excluding tert-OH is 1. The third kappa shape index (κ3) is 3.45. The Morgan fingerprint density at radius 1 is 1.70 bits per heavy atom. The number of carbonyl (C=O) groups is 1. The molecule has 0 spiro atoms. The average molecular weight is 145 g/mol. The van der Waals surface area contributed by atoms with Gasteiger partial charge in [0.15, 0.2) is 0 Å². The monoisotopic (exact) mass is 145 g/mol. The first-order valence-electron chi connectivity index (χ1n) is 3.51. The Bertz CT molecular complexity index is 112. The van der Waals surface area contributed by atoms with Gasteiger partial charge in [-0.15, -0.1) is 0 Å². The minimum Gasteiger partial charge on any atom is -0.392 e. The molecule has 10 heavy (non-hydrogen) atoms. The Morgan fingerprint density at radius 2 is 2.20 bits per heavy atom. The van der Waals surface area contributed by atoms with Crippen molar-refractivity contribution in [3.8, 4) is 0 Å². The molecule has 0 aliphatic heterocycles. The molecule has 60 valence electrons. The van der Waals surface area contributed by atoms with Crippen molar-refractivity contribution in [3.63, 3.8) is 0 Å². The van der Waals surface area contributed by atoms with E-state index in [1.807, 2.05) is 6.92 Å². The zero-order valence-corrected chi connectivity index (χ0v) is 6.79. The number of aliphatic hydroxyl groups is 1. The summed E-state index contributed by atoms with van der Waals surface area (Å²) < 4.78 is 0. The number of hydrogen-bond donors (Lipinski definition) is 1. The molecule has 0 saturated heterocycles. The highest BCUT2D eigenvalue weighted by Gasteiger charge is 2.07. The highest BCUT2D eigenvalue weighted by Crippen LogP contribution is 1.91. The van der Waals surface area contributed by atoms with Crippen LogP contribution in [0.3, 0.4) is 0 Å². The molecule has 0 bridgehead atoms. The molecule has 1 amide bonds. The van der Waals surface area contributed by atoms with Gasteiger partial charge in [-0.25, -0.2) is 0 Å². The Hall–Kier alpha value is -0.570. The van der Waals surface area contributed by atoms with Crippen molar-refractivity contribution in [2.24, 2.45) is 0 Å². The Labute approximate surface area is 61.6 Å². The first kappa shape index (κ1) is 9.43. The molecule has 0 heterocycles. The molecule has 3 heteroatoms. The molecule has 0 fully saturated rings. The number of likely N-dealkylation sites (N-methyl/N-ethyl adjacent to an activating group) is 1. The first-order chi connectivity index (χ1) is 4.57. The molecular weight excluding hydrogens is 130 g/mol. The van der Waals surface area contributed by atoms with E-state index in [2.05, 4.69) is 0 Å². The summed E-state index contributed by atoms with van der Waals surface area (Å²) in [6, 6.07) is 0. The first-order valence-corrected chi connectivity index (χ1v) is 3.51. The van der Waals surface area contributed by atoms with Gasteiger partial charge in [0.05, 0.1) is 6.10 Å². The highest BCUT2D eigenvalue weighted by molar-refractivity contribution is 5.73. The van der Waals surface area contributed by atoms with Crippen LogP contribution in [0.15, 0.2) is 0 Å². The largest absolute Gasteiger partial charge is 0.392 e. The summed E-state index contributed by atoms with van der Waals surface area (Å²) in [6.45, 7) is 6.17. The molecule has 0 aromatic rings. The van der Waals surface area contributed by atoms with Crippen molar-refractivity contribution in [2.75, 3.05) is 13.1 Å². The maximum atomic E-state index is 10.7. The second-order valence-electron chi connectivity index (χ2n) is 2.41. The smallest absolute Gasteiger partial charge is 0.219 e. The van der Waals surface area contributed by atoms with Crippen molar-refractivity contribution in [2.45, 2.75) is 26.9 Å². The molecule has 1 unspecified atom stereocenters. The van der Waals surface area contributed by atoms with Crippen LogP contribution in [-0.2, 0) is 4.79 Å². The summed E-state index contributed by atoms with van der Waals surface area (Å²) >= 11 is 0. The molecule has 0 aliphatic carbocycles. The standard InChI is InChI=1S/C7H15NO2/c1-4-8(7(3)10)5-6(2)9/h6,9H,4-5H2,1-3H3. The van der Waals surface area contributed by atoms with Gasteiger partial charge in [0.1, 0.15) is 0 Å². The van der Waals surface area contributed by atoms with Gasteiger partial charge >= 0.3 is 0 Å². The molecule has 0 aliphatic rings. The van der Waals surface area contributed by atoms with Crippen LogP contribution in [0.1, 0.15) is 20.8 Å². The average Bonchev–Trinajstić information content (AvgIpc) is 1.81. The van der Waals surface area contributed by atoms with Gasteiger partial charge in [-0.2, -0.15) is 0 Å². The van der Waals surface area contributed by atoms with Gasteiger partial charge in [0.25, 0.3) is 0 Å². The summed E-state index contributed by atoms with van der Waals surface area (Å²) in [5.41, 5.74) is 0. The van der Waals surface area contributed by atoms with E-state index in [9.17, 15) is 4.79 Å². The highest BCUT2D eigenvalue weighted by atomic mass is 16.3. The van der Waals surface area contributed by atoms with Crippen LogP contribution in [0.5, 0.6) is 0 Å². The third-order valence-corrected chi connectivity index (χ3v) is 1.31. The number of carbonyl (C=O) groups excluding carboxylic acids is 1. The number of amides is 1. The second kappa shape index (κ2) is 4.28. The van der Waals surface area contributed by atoms with Crippen molar-refractivity contribution in [1.82, 2.24) is 4.90 Å². The number of hydrogen-bond acceptors (Lipinski definition) is 2. The molecule has 0 aromatic carbocycles. The Morgan fingerprint density at radius 3 is 2.30 bits per heavy atom. The van der Waals surface area contributed by atoms with Crippen molar-refractivity contribution < 1.29 is 9.90 Å². The molecule has 0 aromatic heterocycles. The van der Waals surface area contributed by atoms with E-state index in [4.69, 9.17) is 5.11 Å². The summed E-state index contributed by atoms with van der Waals surface area (Å²) in [4.78, 5) is 12.3. The Kier molecular flexibility index (Phi) is 4.03. The minimum atomic E-state index is -0.427. The second-order valence-corrected chi connectivity index (χ2v) is 2.41. The summed E-state index contributed by atoms with van der Waals surface area (Å²) in [6.07, 6.45) is -0.427. The molecule has 0 radical (unpaired) electrons. The van der Waals surface area contributed by atoms with Gasteiger partial charge in [0, 0.05) is 20.0 Å². The van der Waals surface area contributed by atoms with E-state index < -0.39 is 6.10 Å². The van der Waals surface area contributed by atoms with Crippen LogP contribution < -0.4 is 0 Å². The quantitative estimate of drug-likeness (QED) is 0.617. The van der Waals surface area contributed by atoms with Crippen LogP contribution in [-0.4, -0.2) is 35.1 Å². The van der Waals surface area contributed by atoms with Crippen molar-refractivity contribution >= 4 is 5.91 Å². The van der Waals surface area contributed by atoms with Crippen molar-refractivity contribution in [1.29, 1.82) is 0 Å². The van der Waals surface area contributed by atoms with Gasteiger partial charge in [-0.1, -0.05) is 0 Å². The van der Waals surface area contributed by atoms with Crippen LogP contribution in [0.25, 0.3) is 0 Å². The minimum absolute atomic E-state index is 0.0170.